The van der Waals surface area contributed by atoms with Gasteiger partial charge in [-0.05, 0) is 262 Å². The number of carbonyl (C=O) groups is 2. The van der Waals surface area contributed by atoms with Crippen molar-refractivity contribution in [3.05, 3.63) is 105 Å². The molecule has 3 aliphatic carbocycles. The van der Waals surface area contributed by atoms with Gasteiger partial charge in [0.25, 0.3) is 0 Å². The lowest BCUT2D eigenvalue weighted by Gasteiger charge is -2.43. The average molecular weight is 1610 g/mol. The molecule has 0 bridgehead atoms. The van der Waals surface area contributed by atoms with E-state index in [9.17, 15) is 40.2 Å². The third-order valence-corrected chi connectivity index (χ3v) is 25.8. The maximum Gasteiger partial charge on any atom is 0.222 e. The number of nitrogens with zero attached hydrogens (tertiary/aromatic N) is 4. The number of unbranched alkanes of at least 4 members (excludes halogenated alkanes) is 3. The number of piperidine rings is 3. The van der Waals surface area contributed by atoms with Crippen LogP contribution in [0.2, 0.25) is 15.1 Å². The van der Waals surface area contributed by atoms with Gasteiger partial charge in [-0.3, -0.25) is 9.59 Å². The monoisotopic (exact) mass is 1610 g/mol. The van der Waals surface area contributed by atoms with E-state index < -0.39 is 33.6 Å². The minimum absolute atomic E-state index is 0. The molecule has 10 N–H and O–H groups in total. The summed E-state index contributed by atoms with van der Waals surface area (Å²) in [7, 11) is 15.2. The molecule has 0 radical (unpaired) electrons. The number of aliphatic hydroxyl groups is 6. The first-order valence-electron chi connectivity index (χ1n) is 41.8. The van der Waals surface area contributed by atoms with Crippen LogP contribution in [0.4, 0.5) is 0 Å². The number of methoxy groups -OCH3 is 3. The SMILES string of the molecule is CN(C)C(CN)CC1(O)CCCCC1.CNC(CCC(=O)N1CCC[C@@H]([C@@](O)(CCCCOC)c2cccc(Cl)c2)C1)CC1(O)CCCCC1.COCCCC[C@@](O)(c1cccc(Cl)c1)[C@@H]1CCCN(C(=O)CCC(CC2(O)CCCCC2)N(C)C)C1.COCCCC[C@@](O)(c1cccc(Cl)c1)[C@@H]1CCCNC1.Cl. The van der Waals surface area contributed by atoms with E-state index >= 15 is 0 Å². The van der Waals surface area contributed by atoms with E-state index in [-0.39, 0.29) is 54.1 Å². The van der Waals surface area contributed by atoms with Crippen LogP contribution in [0.25, 0.3) is 0 Å². The van der Waals surface area contributed by atoms with Crippen LogP contribution in [-0.4, -0.2) is 219 Å². The molecule has 624 valence electrons. The normalized spacial score (nSPS) is 22.4. The zero-order valence-corrected chi connectivity index (χ0v) is 71.3. The minimum Gasteiger partial charge on any atom is -0.390 e. The van der Waals surface area contributed by atoms with Gasteiger partial charge in [0, 0.05) is 144 Å². The number of carbonyl (C=O) groups excluding carboxylic acids is 2. The molecule has 109 heavy (non-hydrogen) atoms. The van der Waals surface area contributed by atoms with Gasteiger partial charge in [0.05, 0.1) is 33.6 Å². The largest absolute Gasteiger partial charge is 0.390 e. The molecule has 3 aromatic carbocycles. The molecule has 18 nitrogen and oxygen atoms in total. The summed E-state index contributed by atoms with van der Waals surface area (Å²) in [5.74, 6) is 0.453. The fourth-order valence-corrected chi connectivity index (χ4v) is 18.8. The predicted octanol–water partition coefficient (Wildman–Crippen LogP) is 15.1. The highest BCUT2D eigenvalue weighted by molar-refractivity contribution is 6.31. The molecule has 0 spiro atoms. The molecule has 9 atom stereocenters. The third-order valence-electron chi connectivity index (χ3n) is 25.1. The Kier molecular flexibility index (Phi) is 44.4. The Hall–Kier alpha value is -2.80. The van der Waals surface area contributed by atoms with E-state index in [4.69, 9.17) is 54.7 Å². The average Bonchev–Trinajstić information content (AvgIpc) is 0.788. The summed E-state index contributed by atoms with van der Waals surface area (Å²) >= 11 is 18.7. The maximum atomic E-state index is 13.4. The lowest BCUT2D eigenvalue weighted by molar-refractivity contribution is -0.138. The fourth-order valence-electron chi connectivity index (χ4n) is 18.2. The van der Waals surface area contributed by atoms with Gasteiger partial charge in [0.15, 0.2) is 0 Å². The lowest BCUT2D eigenvalue weighted by Crippen LogP contribution is -2.48. The van der Waals surface area contributed by atoms with Crippen molar-refractivity contribution in [2.75, 3.05) is 122 Å². The number of likely N-dealkylation sites (N-methyl/N-ethyl adjacent to an activating group) is 1. The second kappa shape index (κ2) is 50.0. The number of ether oxygens (including phenoxy) is 3. The van der Waals surface area contributed by atoms with Crippen LogP contribution in [-0.2, 0) is 40.6 Å². The van der Waals surface area contributed by atoms with Crippen LogP contribution in [0, 0.1) is 17.8 Å². The summed E-state index contributed by atoms with van der Waals surface area (Å²) < 4.78 is 15.5. The number of amides is 2. The van der Waals surface area contributed by atoms with Gasteiger partial charge < -0.3 is 80.8 Å². The summed E-state index contributed by atoms with van der Waals surface area (Å²) in [6.07, 6.45) is 33.4. The predicted molar refractivity (Wildman–Crippen MR) is 448 cm³/mol. The van der Waals surface area contributed by atoms with Crippen LogP contribution in [0.1, 0.15) is 254 Å². The Morgan fingerprint density at radius 2 is 0.890 bits per heavy atom. The summed E-state index contributed by atoms with van der Waals surface area (Å²) in [6.45, 7) is 7.22. The van der Waals surface area contributed by atoms with Gasteiger partial charge in [0.2, 0.25) is 11.8 Å². The standard InChI is InChI=1S/C30H49ClN2O4.C29H47ClN2O4.C17H26ClNO2.C11H24N2O.ClH/c1-32(2)27(22-29(35)16-5-4-6-17-29)14-15-28(34)33-19-10-12-25(23-33)30(36,18-7-8-20-37-3)24-11-9-13-26(31)21-24;1-31-26(21-28(34)15-4-3-5-16-28)13-14-27(33)32-18-9-11-24(22-32)29(35,17-6-7-19-36-2)23-10-8-12-25(30)20-23;1-21-11-3-2-9-17(20,15-7-5-10-19-13-15)14-6-4-8-16(18)12-14;1-13(2)10(9-12)8-11(14)6-4-3-5-7-11;/h9,11,13,21,25,27,35-36H,4-8,10,12,14-20,22-23H2,1-3H3;8,10,12,20,24,26,31,34-35H,3-7,9,11,13-19,21-22H2,1-2H3;4,6,8,12,15,19-20H,2-3,5,7,9-11,13H2,1H3;10,14H,3-9,12H2,1-2H3;1H/t25-,27?,30-;24-,26?,29-;15-,17-;;/m111../s1. The Labute approximate surface area is 679 Å². The Morgan fingerprint density at radius 1 is 0.532 bits per heavy atom. The smallest absolute Gasteiger partial charge is 0.222 e. The quantitative estimate of drug-likeness (QED) is 0.0244. The van der Waals surface area contributed by atoms with Crippen LogP contribution >= 0.6 is 47.2 Å². The van der Waals surface area contributed by atoms with Crippen LogP contribution < -0.4 is 16.4 Å². The lowest BCUT2D eigenvalue weighted by atomic mass is 9.74. The number of halogens is 4. The molecule has 6 aliphatic rings. The summed E-state index contributed by atoms with van der Waals surface area (Å²) in [5, 5.41) is 76.5. The molecule has 2 amide bonds. The van der Waals surface area contributed by atoms with Crippen LogP contribution in [0.15, 0.2) is 72.8 Å². The molecule has 3 saturated carbocycles. The number of hydrogen-bond donors (Lipinski definition) is 9. The van der Waals surface area contributed by atoms with Gasteiger partial charge in [-0.25, -0.2) is 0 Å². The zero-order chi connectivity index (χ0) is 78.6. The van der Waals surface area contributed by atoms with Crippen molar-refractivity contribution >= 4 is 59.0 Å². The number of rotatable bonds is 37. The molecule has 3 aromatic rings. The highest BCUT2D eigenvalue weighted by atomic mass is 35.5. The summed E-state index contributed by atoms with van der Waals surface area (Å²) in [6, 6.07) is 23.4. The van der Waals surface area contributed by atoms with Gasteiger partial charge in [-0.1, -0.05) is 129 Å². The first kappa shape index (κ1) is 96.8. The number of likely N-dealkylation sites (tertiary alicyclic amines) is 2. The molecule has 3 saturated heterocycles. The van der Waals surface area contributed by atoms with E-state index in [1.54, 1.807) is 21.3 Å². The Bertz CT molecular complexity index is 2990. The van der Waals surface area contributed by atoms with Gasteiger partial charge in [-0.2, -0.15) is 0 Å². The van der Waals surface area contributed by atoms with Gasteiger partial charge >= 0.3 is 0 Å². The number of benzene rings is 3. The van der Waals surface area contributed by atoms with Crippen molar-refractivity contribution in [1.29, 1.82) is 0 Å². The van der Waals surface area contributed by atoms with Crippen molar-refractivity contribution in [3.8, 4) is 0 Å². The highest BCUT2D eigenvalue weighted by Crippen LogP contribution is 2.45. The van der Waals surface area contributed by atoms with E-state index in [1.807, 2.05) is 118 Å². The Balaban J connectivity index is 0.000000275. The van der Waals surface area contributed by atoms with E-state index in [0.717, 1.165) is 216 Å². The summed E-state index contributed by atoms with van der Waals surface area (Å²) in [4.78, 5) is 34.8. The fraction of sp³-hybridized carbons (Fsp3) is 0.770. The number of nitrogens with two attached hydrogens (primary N) is 1. The third kappa shape index (κ3) is 32.0. The second-order valence-electron chi connectivity index (χ2n) is 33.6. The van der Waals surface area contributed by atoms with Gasteiger partial charge in [-0.15, -0.1) is 12.4 Å². The van der Waals surface area contributed by atoms with Crippen molar-refractivity contribution in [2.24, 2.45) is 23.5 Å². The molecule has 22 heteroatoms. The topological polar surface area (TPSA) is 246 Å². The zero-order valence-electron chi connectivity index (χ0n) is 68.3. The Morgan fingerprint density at radius 3 is 1.23 bits per heavy atom. The summed E-state index contributed by atoms with van der Waals surface area (Å²) in [5.41, 5.74) is 3.82. The second-order valence-corrected chi connectivity index (χ2v) is 34.9. The van der Waals surface area contributed by atoms with E-state index in [2.05, 4.69) is 20.4 Å². The van der Waals surface area contributed by atoms with Crippen LogP contribution in [0.5, 0.6) is 0 Å². The highest BCUT2D eigenvalue weighted by Gasteiger charge is 2.45. The molecule has 6 fully saturated rings. The maximum absolute atomic E-state index is 13.4. The molecule has 3 unspecified atom stereocenters. The van der Waals surface area contributed by atoms with Gasteiger partial charge in [0.1, 0.15) is 0 Å². The number of hydrogen-bond acceptors (Lipinski definition) is 16. The first-order chi connectivity index (χ1) is 51.7. The molecular weight excluding hydrogens is 1460 g/mol. The van der Waals surface area contributed by atoms with Crippen molar-refractivity contribution in [3.63, 3.8) is 0 Å². The van der Waals surface area contributed by atoms with E-state index in [1.165, 1.54) is 32.1 Å². The molecule has 9 rings (SSSR count). The molecule has 0 aromatic heterocycles. The van der Waals surface area contributed by atoms with Crippen molar-refractivity contribution in [2.45, 2.75) is 289 Å². The van der Waals surface area contributed by atoms with Crippen molar-refractivity contribution < 1.29 is 54.4 Å². The van der Waals surface area contributed by atoms with Crippen molar-refractivity contribution in [1.82, 2.24) is 30.2 Å². The molecular formula is C87H147Cl4N7O11. The number of nitrogens with one attached hydrogen (secondary N) is 2. The first-order valence-corrected chi connectivity index (χ1v) is 42.9. The molecule has 3 heterocycles. The minimum atomic E-state index is -1.03. The molecule has 3 aliphatic heterocycles. The van der Waals surface area contributed by atoms with Crippen LogP contribution in [0.3, 0.4) is 0 Å². The van der Waals surface area contributed by atoms with E-state index in [0.29, 0.717) is 92.5 Å².